The fourth-order valence-electron chi connectivity index (χ4n) is 0.900. The standard InChI is InChI=1S/C8H18O2/c1-4-7(9)6-8(5-2)10-3/h7-9H,4-6H2,1-3H3. The third-order valence-electron chi connectivity index (χ3n) is 1.79. The molecule has 0 saturated heterocycles. The lowest BCUT2D eigenvalue weighted by Crippen LogP contribution is -2.18. The fraction of sp³-hybridized carbons (Fsp3) is 1.00. The maximum absolute atomic E-state index is 9.21. The SMILES string of the molecule is CCC(O)CC(CC)OC. The van der Waals surface area contributed by atoms with Crippen molar-refractivity contribution in [2.24, 2.45) is 0 Å². The highest BCUT2D eigenvalue weighted by atomic mass is 16.5. The molecule has 2 atom stereocenters. The Hall–Kier alpha value is -0.0800. The molecule has 10 heavy (non-hydrogen) atoms. The molecule has 0 spiro atoms. The van der Waals surface area contributed by atoms with E-state index in [1.54, 1.807) is 7.11 Å². The van der Waals surface area contributed by atoms with Crippen LogP contribution in [-0.2, 0) is 4.74 Å². The Balaban J connectivity index is 3.41. The first kappa shape index (κ1) is 9.92. The van der Waals surface area contributed by atoms with Crippen LogP contribution in [-0.4, -0.2) is 24.4 Å². The van der Waals surface area contributed by atoms with Gasteiger partial charge in [0.1, 0.15) is 0 Å². The molecule has 0 radical (unpaired) electrons. The molecule has 2 heteroatoms. The summed E-state index contributed by atoms with van der Waals surface area (Å²) in [7, 11) is 1.69. The van der Waals surface area contributed by atoms with Gasteiger partial charge in [0.15, 0.2) is 0 Å². The van der Waals surface area contributed by atoms with E-state index in [9.17, 15) is 5.11 Å². The molecular weight excluding hydrogens is 128 g/mol. The van der Waals surface area contributed by atoms with Crippen molar-refractivity contribution in [2.45, 2.75) is 45.3 Å². The van der Waals surface area contributed by atoms with Crippen LogP contribution < -0.4 is 0 Å². The summed E-state index contributed by atoms with van der Waals surface area (Å²) in [5.41, 5.74) is 0. The first-order valence-electron chi connectivity index (χ1n) is 3.95. The number of hydrogen-bond donors (Lipinski definition) is 1. The molecule has 0 amide bonds. The average Bonchev–Trinajstić information content (AvgIpc) is 1.99. The smallest absolute Gasteiger partial charge is 0.0593 e. The average molecular weight is 146 g/mol. The molecule has 2 nitrogen and oxygen atoms in total. The second-order valence-corrected chi connectivity index (χ2v) is 2.56. The minimum Gasteiger partial charge on any atom is -0.393 e. The molecule has 2 unspecified atom stereocenters. The van der Waals surface area contributed by atoms with Gasteiger partial charge < -0.3 is 9.84 Å². The topological polar surface area (TPSA) is 29.5 Å². The van der Waals surface area contributed by atoms with Crippen molar-refractivity contribution in [3.8, 4) is 0 Å². The van der Waals surface area contributed by atoms with Gasteiger partial charge in [0, 0.05) is 7.11 Å². The summed E-state index contributed by atoms with van der Waals surface area (Å²) in [6.07, 6.45) is 2.61. The lowest BCUT2D eigenvalue weighted by molar-refractivity contribution is 0.0419. The fourth-order valence-corrected chi connectivity index (χ4v) is 0.900. The van der Waals surface area contributed by atoms with Crippen molar-refractivity contribution < 1.29 is 9.84 Å². The molecule has 0 bridgehead atoms. The Morgan fingerprint density at radius 3 is 2.20 bits per heavy atom. The largest absolute Gasteiger partial charge is 0.393 e. The summed E-state index contributed by atoms with van der Waals surface area (Å²) in [6, 6.07) is 0. The zero-order valence-electron chi connectivity index (χ0n) is 7.13. The molecule has 0 aromatic rings. The van der Waals surface area contributed by atoms with Crippen LogP contribution in [0.2, 0.25) is 0 Å². The molecule has 0 rings (SSSR count). The van der Waals surface area contributed by atoms with Crippen molar-refractivity contribution in [1.82, 2.24) is 0 Å². The van der Waals surface area contributed by atoms with Crippen molar-refractivity contribution in [2.75, 3.05) is 7.11 Å². The van der Waals surface area contributed by atoms with E-state index >= 15 is 0 Å². The Morgan fingerprint density at radius 2 is 1.90 bits per heavy atom. The number of methoxy groups -OCH3 is 1. The Bertz CT molecular complexity index is 69.7. The van der Waals surface area contributed by atoms with Gasteiger partial charge in [0.05, 0.1) is 12.2 Å². The van der Waals surface area contributed by atoms with Gasteiger partial charge >= 0.3 is 0 Å². The van der Waals surface area contributed by atoms with Gasteiger partial charge in [0.25, 0.3) is 0 Å². The van der Waals surface area contributed by atoms with Gasteiger partial charge in [-0.3, -0.25) is 0 Å². The number of aliphatic hydroxyl groups is 1. The van der Waals surface area contributed by atoms with E-state index in [2.05, 4.69) is 6.92 Å². The van der Waals surface area contributed by atoms with Crippen molar-refractivity contribution in [1.29, 1.82) is 0 Å². The lowest BCUT2D eigenvalue weighted by Gasteiger charge is -2.15. The molecule has 0 aromatic carbocycles. The number of hydrogen-bond acceptors (Lipinski definition) is 2. The monoisotopic (exact) mass is 146 g/mol. The van der Waals surface area contributed by atoms with Crippen LogP contribution >= 0.6 is 0 Å². The first-order valence-corrected chi connectivity index (χ1v) is 3.95. The van der Waals surface area contributed by atoms with Crippen LogP contribution in [0, 0.1) is 0 Å². The van der Waals surface area contributed by atoms with Crippen LogP contribution in [0.25, 0.3) is 0 Å². The highest BCUT2D eigenvalue weighted by Gasteiger charge is 2.09. The predicted octanol–water partition coefficient (Wildman–Crippen LogP) is 1.57. The van der Waals surface area contributed by atoms with Gasteiger partial charge in [-0.15, -0.1) is 0 Å². The summed E-state index contributed by atoms with van der Waals surface area (Å²) in [6.45, 7) is 4.05. The van der Waals surface area contributed by atoms with Gasteiger partial charge in [-0.2, -0.15) is 0 Å². The van der Waals surface area contributed by atoms with Crippen LogP contribution in [0.15, 0.2) is 0 Å². The van der Waals surface area contributed by atoms with Gasteiger partial charge in [0.2, 0.25) is 0 Å². The lowest BCUT2D eigenvalue weighted by atomic mass is 10.1. The molecular formula is C8H18O2. The third-order valence-corrected chi connectivity index (χ3v) is 1.79. The van der Waals surface area contributed by atoms with Crippen LogP contribution in [0.4, 0.5) is 0 Å². The van der Waals surface area contributed by atoms with Crippen LogP contribution in [0.3, 0.4) is 0 Å². The second kappa shape index (κ2) is 5.69. The van der Waals surface area contributed by atoms with E-state index < -0.39 is 0 Å². The van der Waals surface area contributed by atoms with E-state index in [1.807, 2.05) is 6.92 Å². The summed E-state index contributed by atoms with van der Waals surface area (Å²) in [5.74, 6) is 0. The molecule has 0 heterocycles. The summed E-state index contributed by atoms with van der Waals surface area (Å²) in [5, 5.41) is 9.21. The minimum atomic E-state index is -0.190. The molecule has 0 aliphatic rings. The van der Waals surface area contributed by atoms with Gasteiger partial charge in [-0.05, 0) is 19.3 Å². The highest BCUT2D eigenvalue weighted by molar-refractivity contribution is 4.61. The normalized spacial score (nSPS) is 16.8. The van der Waals surface area contributed by atoms with Crippen molar-refractivity contribution >= 4 is 0 Å². The van der Waals surface area contributed by atoms with Gasteiger partial charge in [-0.25, -0.2) is 0 Å². The quantitative estimate of drug-likeness (QED) is 0.638. The first-order chi connectivity index (χ1) is 4.74. The highest BCUT2D eigenvalue weighted by Crippen LogP contribution is 2.07. The number of rotatable bonds is 5. The van der Waals surface area contributed by atoms with Gasteiger partial charge in [-0.1, -0.05) is 13.8 Å². The summed E-state index contributed by atoms with van der Waals surface area (Å²) in [4.78, 5) is 0. The number of ether oxygens (including phenoxy) is 1. The summed E-state index contributed by atoms with van der Waals surface area (Å²) >= 11 is 0. The van der Waals surface area contributed by atoms with Crippen LogP contribution in [0.1, 0.15) is 33.1 Å². The molecule has 62 valence electrons. The molecule has 0 saturated carbocycles. The van der Waals surface area contributed by atoms with E-state index in [-0.39, 0.29) is 12.2 Å². The zero-order valence-corrected chi connectivity index (χ0v) is 7.13. The zero-order chi connectivity index (χ0) is 7.98. The van der Waals surface area contributed by atoms with Crippen molar-refractivity contribution in [3.05, 3.63) is 0 Å². The molecule has 0 aliphatic heterocycles. The van der Waals surface area contributed by atoms with E-state index in [0.29, 0.717) is 0 Å². The second-order valence-electron chi connectivity index (χ2n) is 2.56. The Morgan fingerprint density at radius 1 is 1.30 bits per heavy atom. The third kappa shape index (κ3) is 3.85. The van der Waals surface area contributed by atoms with E-state index in [4.69, 9.17) is 4.74 Å². The van der Waals surface area contributed by atoms with Crippen molar-refractivity contribution in [3.63, 3.8) is 0 Å². The Labute approximate surface area is 63.2 Å². The molecule has 0 fully saturated rings. The minimum absolute atomic E-state index is 0.190. The Kier molecular flexibility index (Phi) is 5.64. The predicted molar refractivity (Wildman–Crippen MR) is 42.0 cm³/mol. The molecule has 1 N–H and O–H groups in total. The van der Waals surface area contributed by atoms with Crippen LogP contribution in [0.5, 0.6) is 0 Å². The maximum Gasteiger partial charge on any atom is 0.0593 e. The number of aliphatic hydroxyl groups excluding tert-OH is 1. The maximum atomic E-state index is 9.21. The molecule has 0 aliphatic carbocycles. The molecule has 0 aromatic heterocycles. The van der Waals surface area contributed by atoms with E-state index in [0.717, 1.165) is 19.3 Å². The summed E-state index contributed by atoms with van der Waals surface area (Å²) < 4.78 is 5.11. The van der Waals surface area contributed by atoms with E-state index in [1.165, 1.54) is 0 Å².